The molecule has 4 aromatic rings. The Bertz CT molecular complexity index is 1170. The van der Waals surface area contributed by atoms with Crippen molar-refractivity contribution in [3.05, 3.63) is 100 Å². The molecule has 0 saturated heterocycles. The summed E-state index contributed by atoms with van der Waals surface area (Å²) in [6, 6.07) is 26.1. The van der Waals surface area contributed by atoms with Gasteiger partial charge < -0.3 is 9.84 Å². The average molecular weight is 403 g/mol. The fraction of sp³-hybridized carbons (Fsp3) is 0.125. The molecule has 0 fully saturated rings. The molecule has 0 atom stereocenters. The Morgan fingerprint density at radius 2 is 1.34 bits per heavy atom. The molecule has 0 unspecified atom stereocenters. The Balaban J connectivity index is 1.69. The molecule has 1 N–H and O–H groups in total. The maximum Gasteiger partial charge on any atom is 0.218 e. The zero-order valence-electron chi connectivity index (χ0n) is 16.4. The highest BCUT2D eigenvalue weighted by Gasteiger charge is 2.16. The Hall–Kier alpha value is -3.31. The Morgan fingerprint density at radius 3 is 1.97 bits per heavy atom. The minimum atomic E-state index is 0.133. The maximum absolute atomic E-state index is 10.7. The summed E-state index contributed by atoms with van der Waals surface area (Å²) in [6.45, 7) is 1.86. The molecule has 0 saturated carbocycles. The van der Waals surface area contributed by atoms with Crippen molar-refractivity contribution < 1.29 is 9.84 Å². The number of hydrogen-bond donors (Lipinski definition) is 1. The van der Waals surface area contributed by atoms with Crippen LogP contribution in [-0.2, 0) is 6.42 Å². The molecule has 0 aliphatic carbocycles. The molecule has 0 aliphatic heterocycles. The minimum Gasteiger partial charge on any atom is -0.497 e. The van der Waals surface area contributed by atoms with Gasteiger partial charge in [0.15, 0.2) is 4.77 Å². The number of methoxy groups -OCH3 is 1. The van der Waals surface area contributed by atoms with Gasteiger partial charge in [0.05, 0.1) is 18.5 Å². The fourth-order valence-corrected chi connectivity index (χ4v) is 3.89. The molecule has 0 aliphatic rings. The summed E-state index contributed by atoms with van der Waals surface area (Å²) in [6.07, 6.45) is 0.879. The molecule has 0 spiro atoms. The Labute approximate surface area is 175 Å². The standard InChI is InChI=1S/C24H22N2O2S/c1-17-23(27)26(21-12-14-22(28-2)15-13-21)24(29)25(17)20-10-8-19(9-11-20)16-18-6-4-3-5-7-18/h3-15,27H,16H2,1-2H3. The number of benzene rings is 3. The first-order chi connectivity index (χ1) is 14.1. The Kier molecular flexibility index (Phi) is 5.23. The van der Waals surface area contributed by atoms with Gasteiger partial charge in [-0.1, -0.05) is 42.5 Å². The number of imidazole rings is 1. The van der Waals surface area contributed by atoms with Crippen LogP contribution in [0.3, 0.4) is 0 Å². The molecule has 0 bridgehead atoms. The first-order valence-corrected chi connectivity index (χ1v) is 9.80. The van der Waals surface area contributed by atoms with Crippen molar-refractivity contribution in [2.24, 2.45) is 0 Å². The van der Waals surface area contributed by atoms with Crippen LogP contribution in [0.5, 0.6) is 11.6 Å². The summed E-state index contributed by atoms with van der Waals surface area (Å²) in [5.41, 5.74) is 4.91. The van der Waals surface area contributed by atoms with Crippen molar-refractivity contribution >= 4 is 12.2 Å². The molecule has 3 aromatic carbocycles. The van der Waals surface area contributed by atoms with Crippen molar-refractivity contribution in [3.8, 4) is 23.0 Å². The van der Waals surface area contributed by atoms with E-state index in [4.69, 9.17) is 17.0 Å². The highest BCUT2D eigenvalue weighted by molar-refractivity contribution is 7.71. The van der Waals surface area contributed by atoms with Gasteiger partial charge in [0.25, 0.3) is 0 Å². The van der Waals surface area contributed by atoms with Gasteiger partial charge in [-0.3, -0.25) is 9.13 Å². The molecule has 0 amide bonds. The van der Waals surface area contributed by atoms with Crippen LogP contribution in [0, 0.1) is 11.7 Å². The van der Waals surface area contributed by atoms with Gasteiger partial charge in [-0.15, -0.1) is 0 Å². The fourth-order valence-electron chi connectivity index (χ4n) is 3.46. The third-order valence-electron chi connectivity index (χ3n) is 5.03. The lowest BCUT2D eigenvalue weighted by atomic mass is 10.0. The lowest BCUT2D eigenvalue weighted by Gasteiger charge is -2.08. The predicted octanol–water partition coefficient (Wildman–Crippen LogP) is 5.61. The van der Waals surface area contributed by atoms with Crippen molar-refractivity contribution in [1.29, 1.82) is 0 Å². The minimum absolute atomic E-state index is 0.133. The van der Waals surface area contributed by atoms with Gasteiger partial charge in [-0.2, -0.15) is 0 Å². The van der Waals surface area contributed by atoms with Crippen molar-refractivity contribution in [3.63, 3.8) is 0 Å². The molecule has 5 heteroatoms. The van der Waals surface area contributed by atoms with E-state index < -0.39 is 0 Å². The van der Waals surface area contributed by atoms with Crippen molar-refractivity contribution in [2.75, 3.05) is 7.11 Å². The lowest BCUT2D eigenvalue weighted by molar-refractivity contribution is 0.414. The second kappa shape index (κ2) is 7.97. The van der Waals surface area contributed by atoms with E-state index in [1.165, 1.54) is 11.1 Å². The number of nitrogens with zero attached hydrogens (tertiary/aromatic N) is 2. The van der Waals surface area contributed by atoms with Gasteiger partial charge >= 0.3 is 0 Å². The molecule has 4 nitrogen and oxygen atoms in total. The molecule has 4 rings (SSSR count). The van der Waals surface area contributed by atoms with Crippen LogP contribution >= 0.6 is 12.2 Å². The van der Waals surface area contributed by atoms with Crippen molar-refractivity contribution in [1.82, 2.24) is 9.13 Å². The zero-order valence-corrected chi connectivity index (χ0v) is 17.2. The van der Waals surface area contributed by atoms with Crippen LogP contribution in [0.4, 0.5) is 0 Å². The van der Waals surface area contributed by atoms with E-state index in [1.54, 1.807) is 11.7 Å². The predicted molar refractivity (Wildman–Crippen MR) is 118 cm³/mol. The van der Waals surface area contributed by atoms with E-state index in [2.05, 4.69) is 36.4 Å². The topological polar surface area (TPSA) is 39.3 Å². The first-order valence-electron chi connectivity index (χ1n) is 9.39. The van der Waals surface area contributed by atoms with Crippen LogP contribution in [-0.4, -0.2) is 21.4 Å². The number of aromatic nitrogens is 2. The largest absolute Gasteiger partial charge is 0.497 e. The Morgan fingerprint density at radius 1 is 0.793 bits per heavy atom. The highest BCUT2D eigenvalue weighted by atomic mass is 32.1. The van der Waals surface area contributed by atoms with E-state index in [0.29, 0.717) is 10.5 Å². The number of aromatic hydroxyl groups is 1. The summed E-state index contributed by atoms with van der Waals surface area (Å²) < 4.78 is 9.29. The molecular weight excluding hydrogens is 380 g/mol. The third kappa shape index (κ3) is 3.69. The number of hydrogen-bond acceptors (Lipinski definition) is 3. The van der Waals surface area contributed by atoms with E-state index >= 15 is 0 Å². The second-order valence-electron chi connectivity index (χ2n) is 6.89. The summed E-state index contributed by atoms with van der Waals surface area (Å²) in [4.78, 5) is 0. The van der Waals surface area contributed by atoms with Crippen LogP contribution < -0.4 is 4.74 Å². The van der Waals surface area contributed by atoms with Gasteiger partial charge in [0, 0.05) is 5.69 Å². The van der Waals surface area contributed by atoms with Crippen LogP contribution in [0.1, 0.15) is 16.8 Å². The summed E-state index contributed by atoms with van der Waals surface area (Å²) in [5.74, 6) is 0.887. The van der Waals surface area contributed by atoms with Crippen LogP contribution in [0.2, 0.25) is 0 Å². The van der Waals surface area contributed by atoms with E-state index in [9.17, 15) is 5.11 Å². The number of rotatable bonds is 5. The highest BCUT2D eigenvalue weighted by Crippen LogP contribution is 2.28. The van der Waals surface area contributed by atoms with Gasteiger partial charge in [0.1, 0.15) is 5.75 Å². The van der Waals surface area contributed by atoms with Crippen molar-refractivity contribution in [2.45, 2.75) is 13.3 Å². The first kappa shape index (κ1) is 19.0. The SMILES string of the molecule is COc1ccc(-n2c(O)c(C)n(-c3ccc(Cc4ccccc4)cc3)c2=S)cc1. The summed E-state index contributed by atoms with van der Waals surface area (Å²) in [7, 11) is 1.63. The van der Waals surface area contributed by atoms with Crippen LogP contribution in [0.15, 0.2) is 78.9 Å². The second-order valence-corrected chi connectivity index (χ2v) is 7.25. The third-order valence-corrected chi connectivity index (χ3v) is 5.39. The lowest BCUT2D eigenvalue weighted by Crippen LogP contribution is -1.99. The molecule has 1 aromatic heterocycles. The smallest absolute Gasteiger partial charge is 0.218 e. The van der Waals surface area contributed by atoms with Gasteiger partial charge in [-0.25, -0.2) is 0 Å². The zero-order chi connectivity index (χ0) is 20.4. The molecule has 146 valence electrons. The molecule has 29 heavy (non-hydrogen) atoms. The maximum atomic E-state index is 10.7. The monoisotopic (exact) mass is 402 g/mol. The van der Waals surface area contributed by atoms with E-state index in [1.807, 2.05) is 54.0 Å². The van der Waals surface area contributed by atoms with E-state index in [0.717, 1.165) is 23.5 Å². The molecular formula is C24H22N2O2S. The van der Waals surface area contributed by atoms with Gasteiger partial charge in [-0.05, 0) is 73.1 Å². The van der Waals surface area contributed by atoms with E-state index in [-0.39, 0.29) is 5.88 Å². The molecule has 0 radical (unpaired) electrons. The summed E-state index contributed by atoms with van der Waals surface area (Å²) >= 11 is 5.70. The normalized spacial score (nSPS) is 10.8. The summed E-state index contributed by atoms with van der Waals surface area (Å²) in [5, 5.41) is 10.7. The average Bonchev–Trinajstić information content (AvgIpc) is 2.98. The number of ether oxygens (including phenoxy) is 1. The van der Waals surface area contributed by atoms with Crippen LogP contribution in [0.25, 0.3) is 11.4 Å². The van der Waals surface area contributed by atoms with Gasteiger partial charge in [0.2, 0.25) is 5.88 Å². The quantitative estimate of drug-likeness (QED) is 0.441. The molecule has 1 heterocycles.